The lowest BCUT2D eigenvalue weighted by atomic mass is 9.97. The van der Waals surface area contributed by atoms with Gasteiger partial charge in [-0.25, -0.2) is 9.37 Å². The van der Waals surface area contributed by atoms with E-state index in [1.807, 2.05) is 38.1 Å². The van der Waals surface area contributed by atoms with Crippen molar-refractivity contribution in [2.24, 2.45) is 5.92 Å². The van der Waals surface area contributed by atoms with Gasteiger partial charge in [0.15, 0.2) is 0 Å². The van der Waals surface area contributed by atoms with Crippen molar-refractivity contribution in [3.05, 3.63) is 82.8 Å². The van der Waals surface area contributed by atoms with E-state index in [9.17, 15) is 14.0 Å². The van der Waals surface area contributed by atoms with E-state index in [0.717, 1.165) is 40.5 Å². The van der Waals surface area contributed by atoms with Gasteiger partial charge in [0.2, 0.25) is 0 Å². The number of allylic oxidation sites excluding steroid dienone is 1. The van der Waals surface area contributed by atoms with Gasteiger partial charge in [-0.2, -0.15) is 0 Å². The Labute approximate surface area is 218 Å². The Bertz CT molecular complexity index is 1350. The van der Waals surface area contributed by atoms with Gasteiger partial charge in [-0.05, 0) is 76.1 Å². The topological polar surface area (TPSA) is 74.8 Å². The van der Waals surface area contributed by atoms with Crippen LogP contribution in [0.15, 0.2) is 60.7 Å². The third-order valence-electron chi connectivity index (χ3n) is 6.39. The average Bonchev–Trinajstić information content (AvgIpc) is 3.07. The molecule has 1 heterocycles. The zero-order chi connectivity index (χ0) is 26.8. The zero-order valence-electron chi connectivity index (χ0n) is 21.9. The Morgan fingerprint density at radius 3 is 2.24 bits per heavy atom. The van der Waals surface area contributed by atoms with Crippen molar-refractivity contribution >= 4 is 29.5 Å². The van der Waals surface area contributed by atoms with Crippen molar-refractivity contribution in [2.75, 3.05) is 5.32 Å². The summed E-state index contributed by atoms with van der Waals surface area (Å²) < 4.78 is 13.7. The predicted molar refractivity (Wildman–Crippen MR) is 149 cm³/mol. The molecular weight excluding hydrogens is 465 g/mol. The van der Waals surface area contributed by atoms with Crippen molar-refractivity contribution in [1.29, 1.82) is 0 Å². The fourth-order valence-corrected chi connectivity index (χ4v) is 4.35. The first-order chi connectivity index (χ1) is 17.8. The van der Waals surface area contributed by atoms with Gasteiger partial charge in [0.25, 0.3) is 5.91 Å². The van der Waals surface area contributed by atoms with Crippen LogP contribution in [0.3, 0.4) is 0 Å². The molecule has 2 aromatic carbocycles. The van der Waals surface area contributed by atoms with E-state index in [-0.39, 0.29) is 5.56 Å². The number of benzene rings is 2. The molecule has 0 saturated heterocycles. The Balaban J connectivity index is 0.000000319. The van der Waals surface area contributed by atoms with Crippen LogP contribution in [0.5, 0.6) is 0 Å². The van der Waals surface area contributed by atoms with Gasteiger partial charge < -0.3 is 10.3 Å². The van der Waals surface area contributed by atoms with Gasteiger partial charge in [-0.1, -0.05) is 56.0 Å². The van der Waals surface area contributed by atoms with Gasteiger partial charge in [0, 0.05) is 17.2 Å². The van der Waals surface area contributed by atoms with Crippen LogP contribution in [0.2, 0.25) is 0 Å². The first kappa shape index (κ1) is 27.8. The number of halogens is 1. The highest BCUT2D eigenvalue weighted by Crippen LogP contribution is 2.23. The number of amides is 1. The van der Waals surface area contributed by atoms with Gasteiger partial charge >= 0.3 is 0 Å². The van der Waals surface area contributed by atoms with E-state index in [2.05, 4.69) is 21.9 Å². The standard InChI is InChI=1S/C22H20FN3O.C9H16O/c1-4-19-20(13-14(2)3)26-21(25-19)15-9-11-16(12-10-15)24-22(27)17-7-5-6-8-18(17)23;1-8(10)9-6-4-2-3-5-7-9/h4-13H,2H2,1,3H3,(H,24,27)(H,25,26);9H,2-7H2,1H3/b19-4+,20-13+;. The number of aromatic amines is 1. The van der Waals surface area contributed by atoms with Crippen LogP contribution in [0.25, 0.3) is 23.5 Å². The number of anilines is 1. The van der Waals surface area contributed by atoms with Crippen LogP contribution in [-0.2, 0) is 4.79 Å². The monoisotopic (exact) mass is 501 g/mol. The van der Waals surface area contributed by atoms with E-state index in [1.165, 1.54) is 37.8 Å². The molecule has 0 aliphatic heterocycles. The van der Waals surface area contributed by atoms with Crippen LogP contribution in [-0.4, -0.2) is 21.7 Å². The van der Waals surface area contributed by atoms with Crippen molar-refractivity contribution in [3.63, 3.8) is 0 Å². The summed E-state index contributed by atoms with van der Waals surface area (Å²) in [6, 6.07) is 13.1. The van der Waals surface area contributed by atoms with Crippen LogP contribution < -0.4 is 16.0 Å². The number of hydrogen-bond acceptors (Lipinski definition) is 3. The minimum atomic E-state index is -0.549. The fraction of sp³-hybridized carbons (Fsp3) is 0.323. The molecule has 1 saturated carbocycles. The van der Waals surface area contributed by atoms with Gasteiger partial charge in [0.1, 0.15) is 17.4 Å². The predicted octanol–water partition coefficient (Wildman–Crippen LogP) is 6.17. The highest BCUT2D eigenvalue weighted by molar-refractivity contribution is 6.04. The molecule has 0 atom stereocenters. The number of rotatable bonds is 5. The summed E-state index contributed by atoms with van der Waals surface area (Å²) in [5.74, 6) is 0.499. The summed E-state index contributed by atoms with van der Waals surface area (Å²) in [5, 5.41) is 4.45. The highest BCUT2D eigenvalue weighted by atomic mass is 19.1. The number of H-pyrrole nitrogens is 1. The van der Waals surface area contributed by atoms with Crippen molar-refractivity contribution in [2.45, 2.75) is 59.3 Å². The molecule has 37 heavy (non-hydrogen) atoms. The molecule has 4 rings (SSSR count). The molecule has 1 aliphatic rings. The number of carbonyl (C=O) groups excluding carboxylic acids is 2. The number of imidazole rings is 1. The van der Waals surface area contributed by atoms with Gasteiger partial charge in [-0.3, -0.25) is 9.59 Å². The third kappa shape index (κ3) is 8.10. The molecule has 2 N–H and O–H groups in total. The Morgan fingerprint density at radius 2 is 1.68 bits per heavy atom. The molecule has 1 aromatic heterocycles. The smallest absolute Gasteiger partial charge is 0.258 e. The quantitative estimate of drug-likeness (QED) is 0.411. The number of nitrogens with one attached hydrogen (secondary N) is 2. The van der Waals surface area contributed by atoms with E-state index < -0.39 is 11.7 Å². The number of ketones is 1. The first-order valence-corrected chi connectivity index (χ1v) is 12.8. The normalized spacial score (nSPS) is 14.9. The molecule has 3 aromatic rings. The second-order valence-corrected chi connectivity index (χ2v) is 9.47. The zero-order valence-corrected chi connectivity index (χ0v) is 21.9. The molecule has 0 unspecified atom stereocenters. The molecule has 1 amide bonds. The second-order valence-electron chi connectivity index (χ2n) is 9.47. The minimum Gasteiger partial charge on any atom is -0.338 e. The summed E-state index contributed by atoms with van der Waals surface area (Å²) in [4.78, 5) is 31.0. The van der Waals surface area contributed by atoms with Crippen LogP contribution in [0, 0.1) is 11.7 Å². The van der Waals surface area contributed by atoms with Crippen molar-refractivity contribution in [1.82, 2.24) is 9.97 Å². The number of carbonyl (C=O) groups is 2. The lowest BCUT2D eigenvalue weighted by Gasteiger charge is -2.07. The average molecular weight is 502 g/mol. The van der Waals surface area contributed by atoms with Gasteiger partial charge in [-0.15, -0.1) is 0 Å². The van der Waals surface area contributed by atoms with Gasteiger partial charge in [0.05, 0.1) is 16.3 Å². The third-order valence-corrected chi connectivity index (χ3v) is 6.39. The van der Waals surface area contributed by atoms with E-state index in [1.54, 1.807) is 31.2 Å². The summed E-state index contributed by atoms with van der Waals surface area (Å²) in [6.45, 7) is 9.48. The lowest BCUT2D eigenvalue weighted by Crippen LogP contribution is -2.23. The van der Waals surface area contributed by atoms with Crippen LogP contribution in [0.4, 0.5) is 10.1 Å². The number of hydrogen-bond donors (Lipinski definition) is 2. The minimum absolute atomic E-state index is 0.00992. The van der Waals surface area contributed by atoms with Crippen LogP contribution >= 0.6 is 0 Å². The van der Waals surface area contributed by atoms with E-state index in [4.69, 9.17) is 0 Å². The fourth-order valence-electron chi connectivity index (χ4n) is 4.35. The largest absolute Gasteiger partial charge is 0.338 e. The first-order valence-electron chi connectivity index (χ1n) is 12.8. The molecule has 1 aliphatic carbocycles. The molecule has 194 valence electrons. The van der Waals surface area contributed by atoms with E-state index in [0.29, 0.717) is 17.4 Å². The summed E-state index contributed by atoms with van der Waals surface area (Å²) in [6.07, 6.45) is 11.4. The molecule has 5 nitrogen and oxygen atoms in total. The van der Waals surface area contributed by atoms with Crippen LogP contribution in [0.1, 0.15) is 69.7 Å². The molecule has 0 radical (unpaired) electrons. The maximum absolute atomic E-state index is 13.7. The second kappa shape index (κ2) is 13.5. The number of nitrogens with zero attached hydrogens (tertiary/aromatic N) is 1. The van der Waals surface area contributed by atoms with Crippen molar-refractivity contribution in [3.8, 4) is 11.4 Å². The number of Topliss-reactive ketones (excluding diaryl/α,β-unsaturated/α-hetero) is 1. The summed E-state index contributed by atoms with van der Waals surface area (Å²) in [5.41, 5.74) is 2.40. The molecule has 0 bridgehead atoms. The highest BCUT2D eigenvalue weighted by Gasteiger charge is 2.15. The van der Waals surface area contributed by atoms with E-state index >= 15 is 0 Å². The molecule has 1 fully saturated rings. The molecule has 6 heteroatoms. The summed E-state index contributed by atoms with van der Waals surface area (Å²) >= 11 is 0. The molecule has 0 spiro atoms. The Kier molecular flexibility index (Phi) is 10.1. The Morgan fingerprint density at radius 1 is 1.03 bits per heavy atom. The summed E-state index contributed by atoms with van der Waals surface area (Å²) in [7, 11) is 0. The lowest BCUT2D eigenvalue weighted by molar-refractivity contribution is -0.121. The Hall–Kier alpha value is -3.80. The SMILES string of the molecule is C=C(C)/C=c1/[nH]c(-c2ccc(NC(=O)c3ccccc3F)cc2)n/c1=C/C.CC(=O)C1CCCCCC1. The molecular formula is C31H36FN3O2. The number of aromatic nitrogens is 2. The van der Waals surface area contributed by atoms with Crippen molar-refractivity contribution < 1.29 is 14.0 Å². The maximum Gasteiger partial charge on any atom is 0.258 e. The maximum atomic E-state index is 13.7.